The zero-order valence-electron chi connectivity index (χ0n) is 9.72. The van der Waals surface area contributed by atoms with Crippen LogP contribution in [0.4, 0.5) is 0 Å². The molecule has 0 aliphatic rings. The van der Waals surface area contributed by atoms with Crippen molar-refractivity contribution in [1.82, 2.24) is 5.43 Å². The summed E-state index contributed by atoms with van der Waals surface area (Å²) in [6.07, 6.45) is 0.755. The summed E-state index contributed by atoms with van der Waals surface area (Å²) in [6.45, 7) is 2.59. The summed E-state index contributed by atoms with van der Waals surface area (Å²) in [5.74, 6) is -0.184. The quantitative estimate of drug-likeness (QED) is 0.427. The van der Waals surface area contributed by atoms with Gasteiger partial charge in [-0.05, 0) is 19.1 Å². The van der Waals surface area contributed by atoms with Crippen LogP contribution in [-0.4, -0.2) is 29.9 Å². The van der Waals surface area contributed by atoms with Crippen molar-refractivity contribution in [2.24, 2.45) is 5.10 Å². The van der Waals surface area contributed by atoms with E-state index in [1.165, 1.54) is 6.92 Å². The van der Waals surface area contributed by atoms with Crippen LogP contribution in [-0.2, 0) is 4.79 Å². The van der Waals surface area contributed by atoms with Gasteiger partial charge in [0.15, 0.2) is 0 Å². The Balaban J connectivity index is 2.10. The van der Waals surface area contributed by atoms with Crippen LogP contribution in [0.3, 0.4) is 0 Å². The predicted molar refractivity (Wildman–Crippen MR) is 65.3 cm³/mol. The van der Waals surface area contributed by atoms with E-state index in [1.807, 2.05) is 30.3 Å². The van der Waals surface area contributed by atoms with Crippen LogP contribution in [0.5, 0.6) is 5.75 Å². The Morgan fingerprint density at radius 2 is 2.12 bits per heavy atom. The Morgan fingerprint density at radius 1 is 1.41 bits per heavy atom. The van der Waals surface area contributed by atoms with Gasteiger partial charge in [0.2, 0.25) is 0 Å². The van der Waals surface area contributed by atoms with E-state index in [0.717, 1.165) is 12.2 Å². The van der Waals surface area contributed by atoms with Gasteiger partial charge in [-0.25, -0.2) is 4.79 Å². The Hall–Kier alpha value is -2.04. The number of carbonyl (C=O) groups is 1. The molecule has 1 aromatic rings. The maximum absolute atomic E-state index is 10.4. The second-order valence-corrected chi connectivity index (χ2v) is 3.43. The highest BCUT2D eigenvalue weighted by Crippen LogP contribution is 2.07. The fourth-order valence-corrected chi connectivity index (χ4v) is 1.08. The molecule has 0 amide bonds. The molecule has 1 aromatic carbocycles. The molecule has 17 heavy (non-hydrogen) atoms. The van der Waals surface area contributed by atoms with Crippen LogP contribution in [0.2, 0.25) is 0 Å². The van der Waals surface area contributed by atoms with Gasteiger partial charge < -0.3 is 15.3 Å². The number of carboxylic acids is 1. The van der Waals surface area contributed by atoms with Gasteiger partial charge in [0.05, 0.1) is 6.61 Å². The number of ether oxygens (including phenoxy) is 1. The molecule has 2 N–H and O–H groups in total. The molecule has 0 atom stereocenters. The normalized spacial score (nSPS) is 11.0. The van der Waals surface area contributed by atoms with Crippen LogP contribution in [0.25, 0.3) is 0 Å². The molecule has 5 heteroatoms. The summed E-state index contributed by atoms with van der Waals surface area (Å²) in [4.78, 5) is 10.4. The molecule has 0 aromatic heterocycles. The highest BCUT2D eigenvalue weighted by atomic mass is 16.5. The minimum absolute atomic E-state index is 0.0500. The topological polar surface area (TPSA) is 70.9 Å². The van der Waals surface area contributed by atoms with Crippen molar-refractivity contribution in [3.8, 4) is 5.75 Å². The lowest BCUT2D eigenvalue weighted by molar-refractivity contribution is -0.129. The Kier molecular flexibility index (Phi) is 5.57. The zero-order valence-corrected chi connectivity index (χ0v) is 9.72. The number of aliphatic carboxylic acids is 1. The van der Waals surface area contributed by atoms with E-state index in [4.69, 9.17) is 9.84 Å². The lowest BCUT2D eigenvalue weighted by Crippen LogP contribution is -2.17. The first-order chi connectivity index (χ1) is 8.20. The molecule has 0 fully saturated rings. The monoisotopic (exact) mass is 236 g/mol. The van der Waals surface area contributed by atoms with Crippen molar-refractivity contribution in [3.05, 3.63) is 30.3 Å². The molecule has 5 nitrogen and oxygen atoms in total. The SMILES string of the molecule is C/C(=N/NCCCOc1ccccc1)C(=O)O. The number of hydrogen-bond donors (Lipinski definition) is 2. The first kappa shape index (κ1) is 13.0. The van der Waals surface area contributed by atoms with Crippen molar-refractivity contribution in [3.63, 3.8) is 0 Å². The van der Waals surface area contributed by atoms with Gasteiger partial charge >= 0.3 is 5.97 Å². The summed E-state index contributed by atoms with van der Waals surface area (Å²) >= 11 is 0. The molecule has 0 aliphatic heterocycles. The summed E-state index contributed by atoms with van der Waals surface area (Å²) in [6, 6.07) is 9.53. The molecule has 0 aliphatic carbocycles. The maximum Gasteiger partial charge on any atom is 0.351 e. The number of nitrogens with one attached hydrogen (secondary N) is 1. The van der Waals surface area contributed by atoms with Crippen LogP contribution in [0, 0.1) is 0 Å². The van der Waals surface area contributed by atoms with Crippen molar-refractivity contribution in [2.75, 3.05) is 13.2 Å². The average molecular weight is 236 g/mol. The van der Waals surface area contributed by atoms with Crippen LogP contribution >= 0.6 is 0 Å². The number of hydrazone groups is 1. The van der Waals surface area contributed by atoms with E-state index < -0.39 is 5.97 Å². The largest absolute Gasteiger partial charge is 0.494 e. The summed E-state index contributed by atoms with van der Waals surface area (Å²) in [5, 5.41) is 12.2. The maximum atomic E-state index is 10.4. The van der Waals surface area contributed by atoms with Gasteiger partial charge in [0.1, 0.15) is 11.5 Å². The molecule has 0 saturated carbocycles. The number of para-hydroxylation sites is 1. The van der Waals surface area contributed by atoms with Gasteiger partial charge in [-0.2, -0.15) is 5.10 Å². The lowest BCUT2D eigenvalue weighted by Gasteiger charge is -2.05. The van der Waals surface area contributed by atoms with E-state index >= 15 is 0 Å². The summed E-state index contributed by atoms with van der Waals surface area (Å²) < 4.78 is 5.46. The highest BCUT2D eigenvalue weighted by molar-refractivity contribution is 6.34. The molecule has 0 heterocycles. The Morgan fingerprint density at radius 3 is 2.76 bits per heavy atom. The van der Waals surface area contributed by atoms with E-state index in [-0.39, 0.29) is 5.71 Å². The fraction of sp³-hybridized carbons (Fsp3) is 0.333. The second-order valence-electron chi connectivity index (χ2n) is 3.43. The van der Waals surface area contributed by atoms with Gasteiger partial charge in [0, 0.05) is 13.0 Å². The predicted octanol–water partition coefficient (Wildman–Crippen LogP) is 1.51. The first-order valence-corrected chi connectivity index (χ1v) is 5.38. The third-order valence-corrected chi connectivity index (χ3v) is 2.00. The molecule has 1 rings (SSSR count). The standard InChI is InChI=1S/C12H16N2O3/c1-10(12(15)16)14-13-8-5-9-17-11-6-3-2-4-7-11/h2-4,6-7,13H,5,8-9H2,1H3,(H,15,16)/b14-10-. The smallest absolute Gasteiger partial charge is 0.351 e. The van der Waals surface area contributed by atoms with Crippen molar-refractivity contribution in [2.45, 2.75) is 13.3 Å². The third kappa shape index (κ3) is 5.55. The highest BCUT2D eigenvalue weighted by Gasteiger charge is 1.99. The molecule has 0 radical (unpaired) electrons. The third-order valence-electron chi connectivity index (χ3n) is 2.00. The first-order valence-electron chi connectivity index (χ1n) is 5.38. The molecule has 0 bridgehead atoms. The Bertz CT molecular complexity index is 377. The van der Waals surface area contributed by atoms with E-state index in [9.17, 15) is 4.79 Å². The van der Waals surface area contributed by atoms with Crippen molar-refractivity contribution in [1.29, 1.82) is 0 Å². The Labute approximate surface area is 100 Å². The summed E-state index contributed by atoms with van der Waals surface area (Å²) in [5.41, 5.74) is 2.73. The van der Waals surface area contributed by atoms with Gasteiger partial charge in [-0.1, -0.05) is 18.2 Å². The van der Waals surface area contributed by atoms with Crippen molar-refractivity contribution < 1.29 is 14.6 Å². The minimum Gasteiger partial charge on any atom is -0.494 e. The number of nitrogens with zero attached hydrogens (tertiary/aromatic N) is 1. The molecule has 0 saturated heterocycles. The molecule has 0 unspecified atom stereocenters. The van der Waals surface area contributed by atoms with E-state index in [2.05, 4.69) is 10.5 Å². The number of benzene rings is 1. The molecular formula is C12H16N2O3. The van der Waals surface area contributed by atoms with Crippen LogP contribution < -0.4 is 10.2 Å². The van der Waals surface area contributed by atoms with Crippen molar-refractivity contribution >= 4 is 11.7 Å². The van der Waals surface area contributed by atoms with E-state index in [1.54, 1.807) is 0 Å². The number of carboxylic acid groups (broad SMARTS) is 1. The number of hydrogen-bond acceptors (Lipinski definition) is 4. The van der Waals surface area contributed by atoms with E-state index in [0.29, 0.717) is 13.2 Å². The minimum atomic E-state index is -1.02. The van der Waals surface area contributed by atoms with Gasteiger partial charge in [-0.3, -0.25) is 0 Å². The fourth-order valence-electron chi connectivity index (χ4n) is 1.08. The lowest BCUT2D eigenvalue weighted by atomic mass is 10.3. The zero-order chi connectivity index (χ0) is 12.5. The van der Waals surface area contributed by atoms with Crippen LogP contribution in [0.15, 0.2) is 35.4 Å². The summed E-state index contributed by atoms with van der Waals surface area (Å²) in [7, 11) is 0. The number of rotatable bonds is 7. The molecule has 92 valence electrons. The van der Waals surface area contributed by atoms with Gasteiger partial charge in [0.25, 0.3) is 0 Å². The molecular weight excluding hydrogens is 220 g/mol. The van der Waals surface area contributed by atoms with Gasteiger partial charge in [-0.15, -0.1) is 0 Å². The average Bonchev–Trinajstić information content (AvgIpc) is 2.34. The second kappa shape index (κ2) is 7.27. The molecule has 0 spiro atoms. The van der Waals surface area contributed by atoms with Crippen LogP contribution in [0.1, 0.15) is 13.3 Å².